The fourth-order valence-electron chi connectivity index (χ4n) is 8.21. The Balaban J connectivity index is 1.91. The Bertz CT molecular complexity index is 1570. The third-order valence-corrected chi connectivity index (χ3v) is 13.1. The molecule has 0 aromatic heterocycles. The third kappa shape index (κ3) is 12.7. The fourth-order valence-corrected chi connectivity index (χ4v) is 9.27. The lowest BCUT2D eigenvalue weighted by molar-refractivity contribution is -0.299. The molecule has 0 saturated carbocycles. The first-order valence-corrected chi connectivity index (χ1v) is 21.7. The number of halogens is 1. The second kappa shape index (κ2) is 20.4. The maximum absolute atomic E-state index is 13.6. The number of amides is 2. The Kier molecular flexibility index (Phi) is 17.6. The van der Waals surface area contributed by atoms with E-state index in [0.29, 0.717) is 11.4 Å². The van der Waals surface area contributed by atoms with E-state index >= 15 is 0 Å². The lowest BCUT2D eigenvalue weighted by Crippen LogP contribution is -2.59. The van der Waals surface area contributed by atoms with E-state index in [-0.39, 0.29) is 61.9 Å². The van der Waals surface area contributed by atoms with Crippen LogP contribution >= 0.6 is 11.6 Å². The molecule has 2 aliphatic heterocycles. The van der Waals surface area contributed by atoms with Crippen LogP contribution in [-0.4, -0.2) is 156 Å². The van der Waals surface area contributed by atoms with E-state index in [1.165, 1.54) is 38.1 Å². The van der Waals surface area contributed by atoms with Crippen molar-refractivity contribution >= 4 is 33.6 Å². The minimum Gasteiger partial charge on any atom is -0.459 e. The predicted octanol–water partition coefficient (Wildman–Crippen LogP) is 2.08. The van der Waals surface area contributed by atoms with Gasteiger partial charge in [-0.05, 0) is 105 Å². The number of urea groups is 1. The molecular formula is C39H67ClN4O12S. The number of cyclic esters (lactones) is 1. The quantitative estimate of drug-likeness (QED) is 0.132. The summed E-state index contributed by atoms with van der Waals surface area (Å²) in [5, 5.41) is 61.6. The van der Waals surface area contributed by atoms with Gasteiger partial charge >= 0.3 is 12.0 Å². The molecule has 0 spiro atoms. The third-order valence-electron chi connectivity index (χ3n) is 11.5. The lowest BCUT2D eigenvalue weighted by Gasteiger charge is -2.46. The van der Waals surface area contributed by atoms with Crippen molar-refractivity contribution in [2.24, 2.45) is 17.8 Å². The average molecular weight is 852 g/mol. The number of carbonyl (C=O) groups is 2. The number of aliphatic hydroxyl groups excluding tert-OH is 3. The number of ether oxygens (including phenoxy) is 3. The van der Waals surface area contributed by atoms with Crippen LogP contribution in [-0.2, 0) is 29.0 Å². The molecule has 2 heterocycles. The summed E-state index contributed by atoms with van der Waals surface area (Å²) in [7, 11) is -0.481. The SMILES string of the molecule is CC[C@H]1OC(=O)[C@@H](C)[C@@H](O)[C@@H](C)[C@@H](O[C@H]2O[C@@H](C)C[C@H](N(C)C)[C@@H]2O)[C@](C)(O)C[C@@H](C)CN(CCCNC(=O)NS(=O)(=O)c2ccc(Cl)cc2)[C@H](C)[C@@H](O)[C@]1(C)O. The van der Waals surface area contributed by atoms with Gasteiger partial charge in [-0.15, -0.1) is 0 Å². The second-order valence-electron chi connectivity index (χ2n) is 16.8. The van der Waals surface area contributed by atoms with Gasteiger partial charge in [0.05, 0.1) is 34.7 Å². The van der Waals surface area contributed by atoms with E-state index < -0.39 is 87.9 Å². The van der Waals surface area contributed by atoms with Crippen LogP contribution in [0.5, 0.6) is 0 Å². The molecule has 7 N–H and O–H groups in total. The van der Waals surface area contributed by atoms with E-state index in [2.05, 4.69) is 5.32 Å². The zero-order valence-corrected chi connectivity index (χ0v) is 36.5. The van der Waals surface area contributed by atoms with Gasteiger partial charge in [-0.1, -0.05) is 32.4 Å². The van der Waals surface area contributed by atoms with Crippen molar-refractivity contribution in [2.75, 3.05) is 33.7 Å². The standard InChI is InChI=1S/C39H67ClN4O12S/c1-11-30-39(8,51)33(47)26(6)44(18-12-17-41-37(49)42-57(52,53)28-15-13-27(40)14-16-28)21-22(2)20-38(7,50)34(24(4)31(45)25(5)35(48)55-30)56-36-32(46)29(43(9)10)19-23(3)54-36/h13-16,22-26,29-34,36,45-47,50-51H,11-12,17-21H2,1-10H3,(H2,41,42,49)/t22-,23+,24-,25+,26-,29+,30-,31+,32+,33-,34-,36-,38-,39-/m1/s1. The van der Waals surface area contributed by atoms with Gasteiger partial charge in [0, 0.05) is 42.7 Å². The van der Waals surface area contributed by atoms with Crippen molar-refractivity contribution < 1.29 is 57.8 Å². The van der Waals surface area contributed by atoms with Crippen LogP contribution in [0.4, 0.5) is 4.79 Å². The highest BCUT2D eigenvalue weighted by molar-refractivity contribution is 7.90. The topological polar surface area (TPSA) is 228 Å². The number of sulfonamides is 1. The van der Waals surface area contributed by atoms with Crippen LogP contribution in [0.3, 0.4) is 0 Å². The molecule has 2 fully saturated rings. The van der Waals surface area contributed by atoms with Gasteiger partial charge < -0.3 is 50.0 Å². The summed E-state index contributed by atoms with van der Waals surface area (Å²) in [5.41, 5.74) is -3.61. The summed E-state index contributed by atoms with van der Waals surface area (Å²) in [4.78, 5) is 29.8. The van der Waals surface area contributed by atoms with Crippen LogP contribution in [0.1, 0.15) is 81.1 Å². The van der Waals surface area contributed by atoms with Gasteiger partial charge in [0.2, 0.25) is 0 Å². The van der Waals surface area contributed by atoms with E-state index in [9.17, 15) is 43.5 Å². The molecule has 0 bridgehead atoms. The summed E-state index contributed by atoms with van der Waals surface area (Å²) >= 11 is 5.86. The summed E-state index contributed by atoms with van der Waals surface area (Å²) in [6.07, 6.45) is -6.67. The average Bonchev–Trinajstić information content (AvgIpc) is 3.12. The summed E-state index contributed by atoms with van der Waals surface area (Å²) in [6, 6.07) is 3.33. The second-order valence-corrected chi connectivity index (χ2v) is 19.0. The largest absolute Gasteiger partial charge is 0.459 e. The zero-order valence-electron chi connectivity index (χ0n) is 35.0. The molecule has 2 amide bonds. The summed E-state index contributed by atoms with van der Waals surface area (Å²) < 4.78 is 45.7. The number of nitrogens with one attached hydrogen (secondary N) is 2. The Morgan fingerprint density at radius 1 is 1.05 bits per heavy atom. The van der Waals surface area contributed by atoms with Crippen molar-refractivity contribution in [1.82, 2.24) is 19.8 Å². The van der Waals surface area contributed by atoms with Crippen molar-refractivity contribution in [3.63, 3.8) is 0 Å². The lowest BCUT2D eigenvalue weighted by atomic mass is 9.78. The van der Waals surface area contributed by atoms with Gasteiger partial charge in [0.25, 0.3) is 10.0 Å². The predicted molar refractivity (Wildman–Crippen MR) is 214 cm³/mol. The zero-order chi connectivity index (χ0) is 43.2. The molecule has 14 atom stereocenters. The fraction of sp³-hybridized carbons (Fsp3) is 0.795. The van der Waals surface area contributed by atoms with Gasteiger partial charge in [-0.2, -0.15) is 0 Å². The maximum Gasteiger partial charge on any atom is 0.328 e. The molecule has 16 nitrogen and oxygen atoms in total. The number of carbonyl (C=O) groups excluding carboxylic acids is 2. The van der Waals surface area contributed by atoms with Crippen molar-refractivity contribution in [1.29, 1.82) is 0 Å². The number of esters is 1. The van der Waals surface area contributed by atoms with E-state index in [4.69, 9.17) is 25.8 Å². The normalized spacial score (nSPS) is 38.2. The molecule has 0 radical (unpaired) electrons. The maximum atomic E-state index is 13.6. The minimum absolute atomic E-state index is 0.0399. The Hall–Kier alpha value is -2.16. The van der Waals surface area contributed by atoms with E-state index in [1.807, 2.05) is 42.5 Å². The Labute approximate surface area is 343 Å². The van der Waals surface area contributed by atoms with Gasteiger partial charge in [-0.3, -0.25) is 9.69 Å². The molecule has 18 heteroatoms. The number of likely N-dealkylation sites (N-methyl/N-ethyl adjacent to an activating group) is 1. The molecule has 1 aromatic carbocycles. The van der Waals surface area contributed by atoms with Gasteiger partial charge in [0.1, 0.15) is 23.9 Å². The molecule has 57 heavy (non-hydrogen) atoms. The monoisotopic (exact) mass is 850 g/mol. The summed E-state index contributed by atoms with van der Waals surface area (Å²) in [6.45, 7) is 13.8. The van der Waals surface area contributed by atoms with Crippen LogP contribution in [0.15, 0.2) is 29.2 Å². The van der Waals surface area contributed by atoms with E-state index in [1.54, 1.807) is 27.7 Å². The van der Waals surface area contributed by atoms with Crippen LogP contribution in [0, 0.1) is 17.8 Å². The number of rotatable bonds is 10. The Morgan fingerprint density at radius 3 is 2.25 bits per heavy atom. The van der Waals surface area contributed by atoms with Crippen molar-refractivity contribution in [2.45, 2.75) is 152 Å². The Morgan fingerprint density at radius 2 is 1.67 bits per heavy atom. The highest BCUT2D eigenvalue weighted by Gasteiger charge is 2.50. The smallest absolute Gasteiger partial charge is 0.328 e. The highest BCUT2D eigenvalue weighted by atomic mass is 35.5. The van der Waals surface area contributed by atoms with E-state index in [0.717, 1.165) is 0 Å². The summed E-state index contributed by atoms with van der Waals surface area (Å²) in [5.74, 6) is -3.18. The molecule has 0 unspecified atom stereocenters. The van der Waals surface area contributed by atoms with Crippen molar-refractivity contribution in [3.8, 4) is 0 Å². The number of hydrogen-bond donors (Lipinski definition) is 7. The number of hydrogen-bond acceptors (Lipinski definition) is 14. The van der Waals surface area contributed by atoms with Crippen molar-refractivity contribution in [3.05, 3.63) is 29.3 Å². The molecule has 0 aliphatic carbocycles. The highest BCUT2D eigenvalue weighted by Crippen LogP contribution is 2.37. The minimum atomic E-state index is -4.16. The van der Waals surface area contributed by atoms with Gasteiger partial charge in [-0.25, -0.2) is 17.9 Å². The van der Waals surface area contributed by atoms with Crippen LogP contribution in [0.2, 0.25) is 5.02 Å². The first-order chi connectivity index (χ1) is 26.3. The van der Waals surface area contributed by atoms with Crippen LogP contribution in [0.25, 0.3) is 0 Å². The first-order valence-electron chi connectivity index (χ1n) is 19.8. The van der Waals surface area contributed by atoms with Crippen LogP contribution < -0.4 is 10.0 Å². The van der Waals surface area contributed by atoms with Gasteiger partial charge in [0.15, 0.2) is 6.29 Å². The molecule has 328 valence electrons. The first kappa shape index (κ1) is 49.2. The molecular weight excluding hydrogens is 784 g/mol. The molecule has 1 aromatic rings. The molecule has 2 saturated heterocycles. The number of benzene rings is 1. The molecule has 3 rings (SSSR count). The number of aliphatic hydroxyl groups is 5. The molecule has 2 aliphatic rings. The number of nitrogens with zero attached hydrogens (tertiary/aromatic N) is 2.